The van der Waals surface area contributed by atoms with E-state index in [0.29, 0.717) is 5.92 Å². The summed E-state index contributed by atoms with van der Waals surface area (Å²) in [6.45, 7) is 3.76. The summed E-state index contributed by atoms with van der Waals surface area (Å²) in [5.74, 6) is 0.358. The van der Waals surface area contributed by atoms with Gasteiger partial charge in [-0.05, 0) is 37.6 Å². The lowest BCUT2D eigenvalue weighted by atomic mass is 10.0. The SMILES string of the molecule is CC(O)C1CCN(c2ccnc3cc(N)ccc23)C1. The van der Waals surface area contributed by atoms with Crippen LogP contribution < -0.4 is 10.6 Å². The van der Waals surface area contributed by atoms with Gasteiger partial charge in [0, 0.05) is 42.0 Å². The highest BCUT2D eigenvalue weighted by molar-refractivity contribution is 5.93. The first kappa shape index (κ1) is 12.2. The van der Waals surface area contributed by atoms with E-state index in [9.17, 15) is 5.11 Å². The minimum Gasteiger partial charge on any atom is -0.399 e. The van der Waals surface area contributed by atoms with Crippen molar-refractivity contribution in [3.8, 4) is 0 Å². The molecule has 0 aliphatic carbocycles. The van der Waals surface area contributed by atoms with E-state index in [2.05, 4.69) is 9.88 Å². The van der Waals surface area contributed by atoms with Crippen molar-refractivity contribution < 1.29 is 5.11 Å². The second kappa shape index (κ2) is 4.70. The Hall–Kier alpha value is -1.81. The Bertz CT molecular complexity index is 597. The van der Waals surface area contributed by atoms with Crippen molar-refractivity contribution in [2.75, 3.05) is 23.7 Å². The molecule has 3 N–H and O–H groups in total. The monoisotopic (exact) mass is 257 g/mol. The van der Waals surface area contributed by atoms with Gasteiger partial charge in [0.2, 0.25) is 0 Å². The Kier molecular flexibility index (Phi) is 3.03. The highest BCUT2D eigenvalue weighted by Crippen LogP contribution is 2.31. The first-order chi connectivity index (χ1) is 9.15. The highest BCUT2D eigenvalue weighted by atomic mass is 16.3. The summed E-state index contributed by atoms with van der Waals surface area (Å²) in [5.41, 5.74) is 8.66. The van der Waals surface area contributed by atoms with Gasteiger partial charge in [-0.15, -0.1) is 0 Å². The van der Waals surface area contributed by atoms with Crippen LogP contribution in [0, 0.1) is 5.92 Å². The van der Waals surface area contributed by atoms with Crippen LogP contribution in [0.1, 0.15) is 13.3 Å². The number of pyridine rings is 1. The van der Waals surface area contributed by atoms with Crippen molar-refractivity contribution in [2.45, 2.75) is 19.4 Å². The molecule has 2 unspecified atom stereocenters. The summed E-state index contributed by atoms with van der Waals surface area (Å²) in [7, 11) is 0. The molecule has 19 heavy (non-hydrogen) atoms. The predicted molar refractivity (Wildman–Crippen MR) is 78.2 cm³/mol. The number of benzene rings is 1. The molecule has 1 aliphatic rings. The van der Waals surface area contributed by atoms with Crippen LogP contribution in [-0.2, 0) is 0 Å². The molecule has 3 rings (SSSR count). The number of nitrogen functional groups attached to an aromatic ring is 1. The third kappa shape index (κ3) is 2.24. The van der Waals surface area contributed by atoms with Crippen LogP contribution >= 0.6 is 0 Å². The molecular formula is C15H19N3O. The highest BCUT2D eigenvalue weighted by Gasteiger charge is 2.26. The lowest BCUT2D eigenvalue weighted by Gasteiger charge is -2.21. The van der Waals surface area contributed by atoms with Gasteiger partial charge in [-0.2, -0.15) is 0 Å². The number of rotatable bonds is 2. The van der Waals surface area contributed by atoms with Crippen molar-refractivity contribution in [3.63, 3.8) is 0 Å². The van der Waals surface area contributed by atoms with Gasteiger partial charge in [0.25, 0.3) is 0 Å². The van der Waals surface area contributed by atoms with E-state index < -0.39 is 0 Å². The van der Waals surface area contributed by atoms with Crippen molar-refractivity contribution in [2.24, 2.45) is 5.92 Å². The smallest absolute Gasteiger partial charge is 0.0743 e. The summed E-state index contributed by atoms with van der Waals surface area (Å²) in [4.78, 5) is 6.70. The molecule has 1 aromatic heterocycles. The molecule has 1 fully saturated rings. The van der Waals surface area contributed by atoms with Crippen LogP contribution in [0.3, 0.4) is 0 Å². The largest absolute Gasteiger partial charge is 0.399 e. The molecule has 4 nitrogen and oxygen atoms in total. The summed E-state index contributed by atoms with van der Waals surface area (Å²) in [6, 6.07) is 7.89. The van der Waals surface area contributed by atoms with Gasteiger partial charge < -0.3 is 15.7 Å². The number of aliphatic hydroxyl groups excluding tert-OH is 1. The summed E-state index contributed by atoms with van der Waals surface area (Å²) in [6.07, 6.45) is 2.62. The molecule has 1 aliphatic heterocycles. The molecule has 4 heteroatoms. The Morgan fingerprint density at radius 1 is 1.42 bits per heavy atom. The number of nitrogens with zero attached hydrogens (tertiary/aromatic N) is 2. The lowest BCUT2D eigenvalue weighted by molar-refractivity contribution is 0.136. The average Bonchev–Trinajstić information content (AvgIpc) is 2.87. The molecule has 2 heterocycles. The average molecular weight is 257 g/mol. The quantitative estimate of drug-likeness (QED) is 0.808. The maximum absolute atomic E-state index is 9.71. The van der Waals surface area contributed by atoms with Gasteiger partial charge in [0.15, 0.2) is 0 Å². The number of nitrogens with two attached hydrogens (primary N) is 1. The maximum atomic E-state index is 9.71. The van der Waals surface area contributed by atoms with Gasteiger partial charge in [0.05, 0.1) is 11.6 Å². The van der Waals surface area contributed by atoms with E-state index in [4.69, 9.17) is 5.73 Å². The Morgan fingerprint density at radius 3 is 3.00 bits per heavy atom. The Balaban J connectivity index is 1.97. The normalized spacial score (nSPS) is 20.9. The second-order valence-corrected chi connectivity index (χ2v) is 5.34. The molecule has 2 aromatic rings. The molecule has 1 aromatic carbocycles. The van der Waals surface area contributed by atoms with Gasteiger partial charge in [-0.3, -0.25) is 4.98 Å². The molecule has 1 saturated heterocycles. The fourth-order valence-corrected chi connectivity index (χ4v) is 2.83. The summed E-state index contributed by atoms with van der Waals surface area (Å²) in [5, 5.41) is 10.8. The minimum atomic E-state index is -0.242. The molecule has 0 saturated carbocycles. The summed E-state index contributed by atoms with van der Waals surface area (Å²) >= 11 is 0. The van der Waals surface area contributed by atoms with Gasteiger partial charge >= 0.3 is 0 Å². The zero-order valence-corrected chi connectivity index (χ0v) is 11.1. The Morgan fingerprint density at radius 2 is 2.26 bits per heavy atom. The molecule has 2 atom stereocenters. The second-order valence-electron chi connectivity index (χ2n) is 5.34. The van der Waals surface area contributed by atoms with E-state index in [1.165, 1.54) is 5.69 Å². The van der Waals surface area contributed by atoms with E-state index in [1.54, 1.807) is 0 Å². The third-order valence-corrected chi connectivity index (χ3v) is 3.99. The maximum Gasteiger partial charge on any atom is 0.0743 e. The van der Waals surface area contributed by atoms with E-state index >= 15 is 0 Å². The molecule has 0 amide bonds. The fraction of sp³-hybridized carbons (Fsp3) is 0.400. The number of hydrogen-bond donors (Lipinski definition) is 2. The zero-order valence-electron chi connectivity index (χ0n) is 11.1. The lowest BCUT2D eigenvalue weighted by Crippen LogP contribution is -2.24. The van der Waals surface area contributed by atoms with Crippen molar-refractivity contribution in [1.82, 2.24) is 4.98 Å². The zero-order chi connectivity index (χ0) is 13.4. The van der Waals surface area contributed by atoms with E-state index in [-0.39, 0.29) is 6.10 Å². The minimum absolute atomic E-state index is 0.242. The van der Waals surface area contributed by atoms with Crippen molar-refractivity contribution >= 4 is 22.3 Å². The standard InChI is InChI=1S/C15H19N3O/c1-10(19)11-5-7-18(9-11)15-4-6-17-14-8-12(16)2-3-13(14)15/h2-4,6,8,10-11,19H,5,7,9,16H2,1H3. The first-order valence-electron chi connectivity index (χ1n) is 6.72. The van der Waals surface area contributed by atoms with Crippen molar-refractivity contribution in [3.05, 3.63) is 30.5 Å². The topological polar surface area (TPSA) is 62.4 Å². The van der Waals surface area contributed by atoms with Crippen LogP contribution in [0.15, 0.2) is 30.5 Å². The van der Waals surface area contributed by atoms with Gasteiger partial charge in [-0.1, -0.05) is 0 Å². The number of fused-ring (bicyclic) bond motifs is 1. The molecule has 100 valence electrons. The van der Waals surface area contributed by atoms with E-state index in [0.717, 1.165) is 36.1 Å². The molecular weight excluding hydrogens is 238 g/mol. The number of aliphatic hydroxyl groups is 1. The Labute approximate surface area is 112 Å². The molecule has 0 radical (unpaired) electrons. The van der Waals surface area contributed by atoms with Gasteiger partial charge in [0.1, 0.15) is 0 Å². The van der Waals surface area contributed by atoms with Crippen LogP contribution in [-0.4, -0.2) is 29.3 Å². The van der Waals surface area contributed by atoms with Crippen LogP contribution in [0.5, 0.6) is 0 Å². The van der Waals surface area contributed by atoms with Crippen molar-refractivity contribution in [1.29, 1.82) is 0 Å². The van der Waals surface area contributed by atoms with Crippen LogP contribution in [0.2, 0.25) is 0 Å². The third-order valence-electron chi connectivity index (χ3n) is 3.99. The van der Waals surface area contributed by atoms with E-state index in [1.807, 2.05) is 37.4 Å². The molecule has 0 bridgehead atoms. The van der Waals surface area contributed by atoms with Gasteiger partial charge in [-0.25, -0.2) is 0 Å². The number of hydrogen-bond acceptors (Lipinski definition) is 4. The van der Waals surface area contributed by atoms with Crippen LogP contribution in [0.4, 0.5) is 11.4 Å². The summed E-state index contributed by atoms with van der Waals surface area (Å²) < 4.78 is 0. The predicted octanol–water partition coefficient (Wildman–Crippen LogP) is 2.02. The molecule has 0 spiro atoms. The fourth-order valence-electron chi connectivity index (χ4n) is 2.83. The number of aromatic nitrogens is 1. The van der Waals surface area contributed by atoms with Crippen LogP contribution in [0.25, 0.3) is 10.9 Å². The first-order valence-corrected chi connectivity index (χ1v) is 6.72. The number of anilines is 2.